The van der Waals surface area contributed by atoms with Crippen LogP contribution in [-0.2, 0) is 16.0 Å². The Morgan fingerprint density at radius 1 is 1.42 bits per heavy atom. The topological polar surface area (TPSA) is 102 Å². The lowest BCUT2D eigenvalue weighted by molar-refractivity contribution is -0.130. The van der Waals surface area contributed by atoms with Crippen LogP contribution in [-0.4, -0.2) is 63.4 Å². The van der Waals surface area contributed by atoms with Gasteiger partial charge in [0, 0.05) is 51.0 Å². The number of methoxy groups -OCH3 is 1. The molecule has 2 aromatic rings. The minimum atomic E-state index is -0.613. The Morgan fingerprint density at radius 2 is 2.21 bits per heavy atom. The predicted octanol–water partition coefficient (Wildman–Crippen LogP) is 0.672. The molecule has 2 atom stereocenters. The summed E-state index contributed by atoms with van der Waals surface area (Å²) in [6.45, 7) is 0.757. The number of amides is 1. The number of aryl methyl sites for hydroxylation is 1. The van der Waals surface area contributed by atoms with Gasteiger partial charge in [0.05, 0.1) is 6.10 Å². The molecule has 0 aromatic carbocycles. The number of nitrogens with zero attached hydrogens (tertiary/aromatic N) is 4. The Morgan fingerprint density at radius 3 is 2.92 bits per heavy atom. The predicted molar refractivity (Wildman–Crippen MR) is 83.9 cm³/mol. The molecule has 0 bridgehead atoms. The molecule has 128 valence electrons. The van der Waals surface area contributed by atoms with Crippen molar-refractivity contribution in [2.24, 2.45) is 0 Å². The molecule has 1 N–H and O–H groups in total. The average molecular weight is 332 g/mol. The van der Waals surface area contributed by atoms with Crippen molar-refractivity contribution in [1.82, 2.24) is 20.0 Å². The lowest BCUT2D eigenvalue weighted by atomic mass is 10.2. The molecule has 2 aromatic heterocycles. The zero-order valence-electron chi connectivity index (χ0n) is 13.5. The molecule has 2 unspecified atom stereocenters. The van der Waals surface area contributed by atoms with Crippen LogP contribution in [0.25, 0.3) is 11.4 Å². The zero-order valence-corrected chi connectivity index (χ0v) is 13.5. The highest BCUT2D eigenvalue weighted by atomic mass is 16.5. The highest BCUT2D eigenvalue weighted by Gasteiger charge is 2.33. The summed E-state index contributed by atoms with van der Waals surface area (Å²) in [5, 5.41) is 13.7. The third kappa shape index (κ3) is 3.77. The molecule has 8 heteroatoms. The van der Waals surface area contributed by atoms with Gasteiger partial charge in [0.2, 0.25) is 17.6 Å². The van der Waals surface area contributed by atoms with E-state index in [1.807, 2.05) is 12.1 Å². The second-order valence-corrected chi connectivity index (χ2v) is 5.74. The number of aliphatic hydroxyl groups is 1. The lowest BCUT2D eigenvalue weighted by Gasteiger charge is -2.15. The molecule has 1 amide bonds. The van der Waals surface area contributed by atoms with E-state index in [-0.39, 0.29) is 12.0 Å². The molecule has 8 nitrogen and oxygen atoms in total. The highest BCUT2D eigenvalue weighted by Crippen LogP contribution is 2.17. The number of β-amino-alcohol motifs (C(OH)–C–C–N with tert-alkyl or cyclic N) is 1. The van der Waals surface area contributed by atoms with Crippen molar-refractivity contribution >= 4 is 5.91 Å². The number of aliphatic hydroxyl groups excluding tert-OH is 1. The fourth-order valence-corrected chi connectivity index (χ4v) is 2.72. The summed E-state index contributed by atoms with van der Waals surface area (Å²) < 4.78 is 10.4. The van der Waals surface area contributed by atoms with Gasteiger partial charge in [-0.25, -0.2) is 0 Å². The Balaban J connectivity index is 1.47. The van der Waals surface area contributed by atoms with E-state index in [0.717, 1.165) is 5.56 Å². The standard InChI is InChI=1S/C16H20N4O4/c1-23-13-10-20(9-12(13)21)15(22)4-2-3-14-18-16(19-24-14)11-5-7-17-8-6-11/h5-8,12-13,21H,2-4,9-10H2,1H3. The van der Waals surface area contributed by atoms with Crippen molar-refractivity contribution in [3.05, 3.63) is 30.4 Å². The number of hydrogen-bond acceptors (Lipinski definition) is 7. The number of hydrogen-bond donors (Lipinski definition) is 1. The largest absolute Gasteiger partial charge is 0.388 e. The molecule has 3 heterocycles. The lowest BCUT2D eigenvalue weighted by Crippen LogP contribution is -2.29. The van der Waals surface area contributed by atoms with Gasteiger partial charge in [-0.2, -0.15) is 4.98 Å². The Hall–Kier alpha value is -2.32. The number of rotatable bonds is 6. The van der Waals surface area contributed by atoms with E-state index in [1.54, 1.807) is 17.3 Å². The Kier molecular flexibility index (Phi) is 5.17. The molecule has 0 saturated carbocycles. The normalized spacial score (nSPS) is 20.5. The first-order valence-corrected chi connectivity index (χ1v) is 7.89. The van der Waals surface area contributed by atoms with Crippen molar-refractivity contribution < 1.29 is 19.2 Å². The van der Waals surface area contributed by atoms with E-state index >= 15 is 0 Å². The van der Waals surface area contributed by atoms with E-state index < -0.39 is 6.10 Å². The third-order valence-electron chi connectivity index (χ3n) is 4.08. The molecule has 24 heavy (non-hydrogen) atoms. The molecule has 1 saturated heterocycles. The van der Waals surface area contributed by atoms with Crippen molar-refractivity contribution in [3.63, 3.8) is 0 Å². The van der Waals surface area contributed by atoms with Gasteiger partial charge < -0.3 is 19.3 Å². The average Bonchev–Trinajstić information content (AvgIpc) is 3.22. The van der Waals surface area contributed by atoms with Crippen LogP contribution in [0.5, 0.6) is 0 Å². The van der Waals surface area contributed by atoms with Gasteiger partial charge in [0.15, 0.2) is 0 Å². The SMILES string of the molecule is COC1CN(C(=O)CCCc2nc(-c3ccncc3)no2)CC1O. The van der Waals surface area contributed by atoms with Crippen LogP contribution in [0.4, 0.5) is 0 Å². The van der Waals surface area contributed by atoms with Crippen molar-refractivity contribution in [3.8, 4) is 11.4 Å². The molecule has 0 aliphatic carbocycles. The van der Waals surface area contributed by atoms with Gasteiger partial charge in [-0.05, 0) is 18.6 Å². The van der Waals surface area contributed by atoms with Crippen molar-refractivity contribution in [1.29, 1.82) is 0 Å². The van der Waals surface area contributed by atoms with Crippen LogP contribution in [0.15, 0.2) is 29.0 Å². The maximum absolute atomic E-state index is 12.2. The summed E-state index contributed by atoms with van der Waals surface area (Å²) in [6.07, 6.45) is 3.94. The smallest absolute Gasteiger partial charge is 0.226 e. The third-order valence-corrected chi connectivity index (χ3v) is 4.08. The summed E-state index contributed by atoms with van der Waals surface area (Å²) in [6, 6.07) is 3.62. The number of pyridine rings is 1. The van der Waals surface area contributed by atoms with Crippen LogP contribution in [0.2, 0.25) is 0 Å². The second-order valence-electron chi connectivity index (χ2n) is 5.74. The number of likely N-dealkylation sites (tertiary alicyclic amines) is 1. The van der Waals surface area contributed by atoms with Gasteiger partial charge >= 0.3 is 0 Å². The van der Waals surface area contributed by atoms with Crippen LogP contribution in [0.1, 0.15) is 18.7 Å². The summed E-state index contributed by atoms with van der Waals surface area (Å²) in [7, 11) is 1.54. The molecular formula is C16H20N4O4. The molecule has 1 aliphatic heterocycles. The van der Waals surface area contributed by atoms with Crippen LogP contribution in [0.3, 0.4) is 0 Å². The van der Waals surface area contributed by atoms with E-state index in [2.05, 4.69) is 15.1 Å². The first-order chi connectivity index (χ1) is 11.7. The molecule has 0 radical (unpaired) electrons. The minimum absolute atomic E-state index is 0.00229. The first-order valence-electron chi connectivity index (χ1n) is 7.89. The fourth-order valence-electron chi connectivity index (χ4n) is 2.72. The molecule has 0 spiro atoms. The Bertz CT molecular complexity index is 676. The van der Waals surface area contributed by atoms with Crippen molar-refractivity contribution in [2.75, 3.05) is 20.2 Å². The molecule has 1 fully saturated rings. The van der Waals surface area contributed by atoms with E-state index in [4.69, 9.17) is 9.26 Å². The maximum Gasteiger partial charge on any atom is 0.226 e. The maximum atomic E-state index is 12.2. The van der Waals surface area contributed by atoms with Gasteiger partial charge in [0.1, 0.15) is 6.10 Å². The number of ether oxygens (including phenoxy) is 1. The van der Waals surface area contributed by atoms with Gasteiger partial charge in [0.25, 0.3) is 0 Å². The van der Waals surface area contributed by atoms with Crippen LogP contribution >= 0.6 is 0 Å². The van der Waals surface area contributed by atoms with Crippen LogP contribution in [0, 0.1) is 0 Å². The summed E-state index contributed by atoms with van der Waals surface area (Å²) >= 11 is 0. The summed E-state index contributed by atoms with van der Waals surface area (Å²) in [4.78, 5) is 22.1. The molecular weight excluding hydrogens is 312 g/mol. The van der Waals surface area contributed by atoms with Crippen molar-refractivity contribution in [2.45, 2.75) is 31.5 Å². The molecule has 1 aliphatic rings. The van der Waals surface area contributed by atoms with Gasteiger partial charge in [-0.3, -0.25) is 9.78 Å². The quantitative estimate of drug-likeness (QED) is 0.829. The molecule has 3 rings (SSSR count). The van der Waals surface area contributed by atoms with Gasteiger partial charge in [-0.1, -0.05) is 5.16 Å². The van der Waals surface area contributed by atoms with Crippen LogP contribution < -0.4 is 0 Å². The number of aromatic nitrogens is 3. The van der Waals surface area contributed by atoms with E-state index in [1.165, 1.54) is 7.11 Å². The van der Waals surface area contributed by atoms with Gasteiger partial charge in [-0.15, -0.1) is 0 Å². The first kappa shape index (κ1) is 16.5. The number of carbonyl (C=O) groups excluding carboxylic acids is 1. The highest BCUT2D eigenvalue weighted by molar-refractivity contribution is 5.76. The Labute approximate surface area is 139 Å². The number of carbonyl (C=O) groups is 1. The monoisotopic (exact) mass is 332 g/mol. The zero-order chi connectivity index (χ0) is 16.9. The van der Waals surface area contributed by atoms with E-state index in [9.17, 15) is 9.90 Å². The summed E-state index contributed by atoms with van der Waals surface area (Å²) in [5.74, 6) is 1.03. The fraction of sp³-hybridized carbons (Fsp3) is 0.500. The van der Waals surface area contributed by atoms with E-state index in [0.29, 0.717) is 44.1 Å². The second kappa shape index (κ2) is 7.50. The minimum Gasteiger partial charge on any atom is -0.388 e. The summed E-state index contributed by atoms with van der Waals surface area (Å²) in [5.41, 5.74) is 0.840.